The van der Waals surface area contributed by atoms with Crippen LogP contribution in [-0.4, -0.2) is 31.3 Å². The summed E-state index contributed by atoms with van der Waals surface area (Å²) in [5, 5.41) is 9.50. The van der Waals surface area contributed by atoms with Gasteiger partial charge in [-0.15, -0.1) is 10.2 Å². The normalized spacial score (nSPS) is 10.8. The molecule has 0 bridgehead atoms. The van der Waals surface area contributed by atoms with Crippen LogP contribution in [0.25, 0.3) is 17.1 Å². The van der Waals surface area contributed by atoms with Gasteiger partial charge in [-0.1, -0.05) is 59.8 Å². The summed E-state index contributed by atoms with van der Waals surface area (Å²) in [5.74, 6) is 1.09. The molecule has 5 nitrogen and oxygen atoms in total. The lowest BCUT2D eigenvalue weighted by Gasteiger charge is -2.12. The fourth-order valence-corrected chi connectivity index (χ4v) is 3.88. The summed E-state index contributed by atoms with van der Waals surface area (Å²) < 4.78 is 2.01. The number of pyridine rings is 1. The number of nitrogens with zero attached hydrogens (tertiary/aromatic N) is 4. The van der Waals surface area contributed by atoms with Crippen molar-refractivity contribution in [3.63, 3.8) is 0 Å². The Morgan fingerprint density at radius 3 is 2.38 bits per heavy atom. The van der Waals surface area contributed by atoms with E-state index in [0.717, 1.165) is 28.2 Å². The van der Waals surface area contributed by atoms with Gasteiger partial charge >= 0.3 is 0 Å². The van der Waals surface area contributed by atoms with E-state index in [4.69, 9.17) is 0 Å². The molecule has 2 aromatic carbocycles. The van der Waals surface area contributed by atoms with Crippen molar-refractivity contribution >= 4 is 17.5 Å². The van der Waals surface area contributed by atoms with Crippen molar-refractivity contribution < 1.29 is 4.79 Å². The van der Waals surface area contributed by atoms with Crippen molar-refractivity contribution in [1.82, 2.24) is 19.7 Å². The Morgan fingerprint density at radius 2 is 1.66 bits per heavy atom. The topological polar surface area (TPSA) is 60.7 Å². The van der Waals surface area contributed by atoms with Crippen LogP contribution in [0.4, 0.5) is 0 Å². The van der Waals surface area contributed by atoms with Crippen LogP contribution in [0.5, 0.6) is 0 Å². The van der Waals surface area contributed by atoms with E-state index in [1.807, 2.05) is 66.1 Å². The fourth-order valence-electron chi connectivity index (χ4n) is 3.04. The van der Waals surface area contributed by atoms with E-state index in [1.54, 1.807) is 12.4 Å². The van der Waals surface area contributed by atoms with Gasteiger partial charge in [0.1, 0.15) is 0 Å². The number of aryl methyl sites for hydroxylation is 2. The van der Waals surface area contributed by atoms with Crippen LogP contribution in [-0.2, 0) is 0 Å². The second-order valence-electron chi connectivity index (χ2n) is 6.74. The van der Waals surface area contributed by atoms with Crippen LogP contribution in [0.2, 0.25) is 0 Å². The first kappa shape index (κ1) is 19.1. The molecule has 6 heteroatoms. The molecule has 0 saturated carbocycles. The maximum Gasteiger partial charge on any atom is 0.196 e. The van der Waals surface area contributed by atoms with Crippen molar-refractivity contribution in [3.05, 3.63) is 89.7 Å². The highest BCUT2D eigenvalue weighted by Gasteiger charge is 2.18. The van der Waals surface area contributed by atoms with Gasteiger partial charge in [-0.2, -0.15) is 0 Å². The molecular weight excluding hydrogens is 380 g/mol. The molecule has 0 unspecified atom stereocenters. The second-order valence-corrected chi connectivity index (χ2v) is 7.68. The zero-order valence-electron chi connectivity index (χ0n) is 16.2. The van der Waals surface area contributed by atoms with Crippen molar-refractivity contribution in [2.24, 2.45) is 0 Å². The molecule has 0 fully saturated rings. The van der Waals surface area contributed by atoms with Crippen LogP contribution in [0, 0.1) is 13.8 Å². The van der Waals surface area contributed by atoms with Gasteiger partial charge in [0.05, 0.1) is 11.4 Å². The summed E-state index contributed by atoms with van der Waals surface area (Å²) in [5.41, 5.74) is 4.87. The molecule has 0 atom stereocenters. The Bertz CT molecular complexity index is 1140. The lowest BCUT2D eigenvalue weighted by Crippen LogP contribution is -2.06. The summed E-state index contributed by atoms with van der Waals surface area (Å²) >= 11 is 1.40. The van der Waals surface area contributed by atoms with Crippen molar-refractivity contribution in [2.45, 2.75) is 19.0 Å². The Hall–Kier alpha value is -3.25. The highest BCUT2D eigenvalue weighted by atomic mass is 32.2. The average Bonchev–Trinajstić information content (AvgIpc) is 3.17. The number of thioether (sulfide) groups is 1. The first-order valence-corrected chi connectivity index (χ1v) is 10.3. The Balaban J connectivity index is 1.68. The number of aromatic nitrogens is 4. The minimum Gasteiger partial charge on any atom is -0.293 e. The summed E-state index contributed by atoms with van der Waals surface area (Å²) in [6, 6.07) is 19.5. The van der Waals surface area contributed by atoms with Crippen LogP contribution in [0.3, 0.4) is 0 Å². The fraction of sp³-hybridized carbons (Fsp3) is 0.130. The monoisotopic (exact) mass is 400 g/mol. The third-order valence-electron chi connectivity index (χ3n) is 4.63. The van der Waals surface area contributed by atoms with E-state index in [9.17, 15) is 4.79 Å². The van der Waals surface area contributed by atoms with Gasteiger partial charge in [-0.05, 0) is 37.6 Å². The lowest BCUT2D eigenvalue weighted by molar-refractivity contribution is 0.102. The van der Waals surface area contributed by atoms with Crippen LogP contribution < -0.4 is 0 Å². The number of hydrogen-bond acceptors (Lipinski definition) is 5. The highest BCUT2D eigenvalue weighted by Crippen LogP contribution is 2.29. The number of Topliss-reactive ketones (excluding diaryl/α,β-unsaturated/α-hetero) is 1. The van der Waals surface area contributed by atoms with E-state index in [2.05, 4.69) is 28.2 Å². The molecule has 2 aromatic heterocycles. The predicted octanol–water partition coefficient (Wildman–Crippen LogP) is 4.92. The molecule has 4 rings (SSSR count). The molecule has 0 aliphatic heterocycles. The van der Waals surface area contributed by atoms with Gasteiger partial charge in [0, 0.05) is 23.5 Å². The highest BCUT2D eigenvalue weighted by molar-refractivity contribution is 7.99. The summed E-state index contributed by atoms with van der Waals surface area (Å²) in [7, 11) is 0. The molecule has 0 aliphatic carbocycles. The molecule has 4 aromatic rings. The number of para-hydroxylation sites is 1. The third-order valence-corrected chi connectivity index (χ3v) is 5.56. The number of rotatable bonds is 6. The van der Waals surface area contributed by atoms with Crippen LogP contribution >= 0.6 is 11.8 Å². The summed E-state index contributed by atoms with van der Waals surface area (Å²) in [4.78, 5) is 16.7. The van der Waals surface area contributed by atoms with Crippen molar-refractivity contribution in [2.75, 3.05) is 5.75 Å². The zero-order valence-corrected chi connectivity index (χ0v) is 17.1. The van der Waals surface area contributed by atoms with Crippen molar-refractivity contribution in [1.29, 1.82) is 0 Å². The summed E-state index contributed by atoms with van der Waals surface area (Å²) in [6.07, 6.45) is 3.47. The van der Waals surface area contributed by atoms with Crippen LogP contribution in [0.1, 0.15) is 21.5 Å². The van der Waals surface area contributed by atoms with Gasteiger partial charge in [-0.25, -0.2) is 0 Å². The van der Waals surface area contributed by atoms with Gasteiger partial charge in [0.2, 0.25) is 0 Å². The molecule has 0 saturated heterocycles. The Labute approximate surface area is 173 Å². The molecule has 0 spiro atoms. The Kier molecular flexibility index (Phi) is 5.53. The minimum absolute atomic E-state index is 0.0693. The SMILES string of the molecule is Cc1ccc(C(=O)CSc2nnc(-c3ccncc3)n2-c2ccccc2C)cc1. The predicted molar refractivity (Wildman–Crippen MR) is 116 cm³/mol. The van der Waals surface area contributed by atoms with Crippen molar-refractivity contribution in [3.8, 4) is 17.1 Å². The smallest absolute Gasteiger partial charge is 0.196 e. The molecule has 2 heterocycles. The first-order valence-electron chi connectivity index (χ1n) is 9.28. The number of hydrogen-bond donors (Lipinski definition) is 0. The Morgan fingerprint density at radius 1 is 0.931 bits per heavy atom. The van der Waals surface area contributed by atoms with Crippen LogP contribution in [0.15, 0.2) is 78.2 Å². The third kappa shape index (κ3) is 4.12. The number of benzene rings is 2. The molecular formula is C23H20N4OS. The maximum atomic E-state index is 12.6. The molecule has 0 N–H and O–H groups in total. The average molecular weight is 401 g/mol. The maximum absolute atomic E-state index is 12.6. The van der Waals surface area contributed by atoms with Gasteiger partial charge in [0.25, 0.3) is 0 Å². The second kappa shape index (κ2) is 8.41. The molecule has 0 amide bonds. The lowest BCUT2D eigenvalue weighted by atomic mass is 10.1. The largest absolute Gasteiger partial charge is 0.293 e. The van der Waals surface area contributed by atoms with E-state index in [0.29, 0.717) is 16.5 Å². The number of ketones is 1. The quantitative estimate of drug-likeness (QED) is 0.340. The molecule has 0 radical (unpaired) electrons. The van der Waals surface area contributed by atoms with E-state index in [-0.39, 0.29) is 5.78 Å². The standard InChI is InChI=1S/C23H20N4OS/c1-16-7-9-18(10-8-16)21(28)15-29-23-26-25-22(19-11-13-24-14-12-19)27(23)20-6-4-3-5-17(20)2/h3-14H,15H2,1-2H3. The number of carbonyl (C=O) groups excluding carboxylic acids is 1. The van der Waals surface area contributed by atoms with E-state index >= 15 is 0 Å². The van der Waals surface area contributed by atoms with Gasteiger partial charge < -0.3 is 0 Å². The minimum atomic E-state index is 0.0693. The van der Waals surface area contributed by atoms with E-state index in [1.165, 1.54) is 11.8 Å². The number of carbonyl (C=O) groups is 1. The summed E-state index contributed by atoms with van der Waals surface area (Å²) in [6.45, 7) is 4.06. The molecule has 29 heavy (non-hydrogen) atoms. The molecule has 0 aliphatic rings. The van der Waals surface area contributed by atoms with E-state index < -0.39 is 0 Å². The zero-order chi connectivity index (χ0) is 20.2. The molecule has 144 valence electrons. The van der Waals surface area contributed by atoms with Gasteiger partial charge in [-0.3, -0.25) is 14.3 Å². The van der Waals surface area contributed by atoms with Gasteiger partial charge in [0.15, 0.2) is 16.8 Å². The first-order chi connectivity index (χ1) is 14.1.